The molecule has 1 aromatic rings. The summed E-state index contributed by atoms with van der Waals surface area (Å²) in [6.45, 7) is 0.144. The molecular formula is C9H8BrNO2. The Morgan fingerprint density at radius 2 is 2.31 bits per heavy atom. The van der Waals surface area contributed by atoms with E-state index in [-0.39, 0.29) is 6.79 Å². The van der Waals surface area contributed by atoms with Crippen molar-refractivity contribution in [2.24, 2.45) is 0 Å². The molecule has 0 aromatic heterocycles. The standard InChI is InChI=1S/C9H8BrNO2/c1-12-6-13-9-4-8(10)3-2-7(9)5-11/h2-4H,6H2,1H3. The van der Waals surface area contributed by atoms with Crippen LogP contribution < -0.4 is 4.74 Å². The summed E-state index contributed by atoms with van der Waals surface area (Å²) in [6.07, 6.45) is 0. The maximum Gasteiger partial charge on any atom is 0.188 e. The number of methoxy groups -OCH3 is 1. The number of benzene rings is 1. The third-order valence-electron chi connectivity index (χ3n) is 1.40. The van der Waals surface area contributed by atoms with Crippen LogP contribution in [0.4, 0.5) is 0 Å². The number of nitriles is 1. The first-order valence-corrected chi connectivity index (χ1v) is 4.38. The van der Waals surface area contributed by atoms with Gasteiger partial charge in [-0.3, -0.25) is 0 Å². The molecular weight excluding hydrogens is 234 g/mol. The second-order valence-corrected chi connectivity index (χ2v) is 3.22. The molecule has 0 atom stereocenters. The lowest BCUT2D eigenvalue weighted by Gasteiger charge is -2.06. The van der Waals surface area contributed by atoms with Gasteiger partial charge in [0.15, 0.2) is 6.79 Å². The van der Waals surface area contributed by atoms with Crippen molar-refractivity contribution in [3.8, 4) is 11.8 Å². The van der Waals surface area contributed by atoms with E-state index in [4.69, 9.17) is 14.7 Å². The van der Waals surface area contributed by atoms with E-state index in [9.17, 15) is 0 Å². The Morgan fingerprint density at radius 3 is 2.92 bits per heavy atom. The summed E-state index contributed by atoms with van der Waals surface area (Å²) >= 11 is 3.29. The van der Waals surface area contributed by atoms with E-state index in [1.165, 1.54) is 7.11 Å². The lowest BCUT2D eigenvalue weighted by molar-refractivity contribution is 0.0509. The van der Waals surface area contributed by atoms with Gasteiger partial charge in [0.1, 0.15) is 11.8 Å². The number of nitrogens with zero attached hydrogens (tertiary/aromatic N) is 1. The Balaban J connectivity index is 2.89. The third kappa shape index (κ3) is 2.72. The molecule has 0 bridgehead atoms. The third-order valence-corrected chi connectivity index (χ3v) is 1.89. The van der Waals surface area contributed by atoms with Gasteiger partial charge >= 0.3 is 0 Å². The van der Waals surface area contributed by atoms with Crippen LogP contribution in [0.2, 0.25) is 0 Å². The van der Waals surface area contributed by atoms with Crippen molar-refractivity contribution in [2.75, 3.05) is 13.9 Å². The molecule has 0 aliphatic carbocycles. The first-order valence-electron chi connectivity index (χ1n) is 3.59. The van der Waals surface area contributed by atoms with Crippen molar-refractivity contribution >= 4 is 15.9 Å². The fourth-order valence-electron chi connectivity index (χ4n) is 0.830. The average molecular weight is 242 g/mol. The first kappa shape index (κ1) is 10.0. The van der Waals surface area contributed by atoms with Crippen molar-refractivity contribution < 1.29 is 9.47 Å². The van der Waals surface area contributed by atoms with Gasteiger partial charge < -0.3 is 9.47 Å². The summed E-state index contributed by atoms with van der Waals surface area (Å²) in [5, 5.41) is 8.72. The highest BCUT2D eigenvalue weighted by molar-refractivity contribution is 9.10. The molecule has 0 saturated heterocycles. The van der Waals surface area contributed by atoms with Gasteiger partial charge in [-0.05, 0) is 18.2 Å². The predicted octanol–water partition coefficient (Wildman–Crippen LogP) is 2.30. The molecule has 0 heterocycles. The van der Waals surface area contributed by atoms with Gasteiger partial charge in [-0.25, -0.2) is 0 Å². The van der Waals surface area contributed by atoms with Crippen LogP contribution in [0.15, 0.2) is 22.7 Å². The highest BCUT2D eigenvalue weighted by Crippen LogP contribution is 2.22. The second kappa shape index (κ2) is 4.85. The van der Waals surface area contributed by atoms with Crippen molar-refractivity contribution in [1.29, 1.82) is 5.26 Å². The van der Waals surface area contributed by atoms with Gasteiger partial charge in [0, 0.05) is 11.6 Å². The molecule has 0 radical (unpaired) electrons. The van der Waals surface area contributed by atoms with Crippen LogP contribution in [0.25, 0.3) is 0 Å². The molecule has 13 heavy (non-hydrogen) atoms. The van der Waals surface area contributed by atoms with E-state index < -0.39 is 0 Å². The zero-order valence-corrected chi connectivity index (χ0v) is 8.67. The largest absolute Gasteiger partial charge is 0.466 e. The lowest BCUT2D eigenvalue weighted by atomic mass is 10.2. The summed E-state index contributed by atoms with van der Waals surface area (Å²) in [6, 6.07) is 7.24. The Hall–Kier alpha value is -1.05. The van der Waals surface area contributed by atoms with Gasteiger partial charge in [-0.1, -0.05) is 15.9 Å². The lowest BCUT2D eigenvalue weighted by Crippen LogP contribution is -2.00. The molecule has 0 N–H and O–H groups in total. The van der Waals surface area contributed by atoms with Gasteiger partial charge in [0.25, 0.3) is 0 Å². The minimum Gasteiger partial charge on any atom is -0.466 e. The quantitative estimate of drug-likeness (QED) is 0.763. The smallest absolute Gasteiger partial charge is 0.188 e. The number of hydrogen-bond acceptors (Lipinski definition) is 3. The van der Waals surface area contributed by atoms with E-state index in [0.717, 1.165) is 4.47 Å². The van der Waals surface area contributed by atoms with Gasteiger partial charge in [-0.15, -0.1) is 0 Å². The van der Waals surface area contributed by atoms with E-state index >= 15 is 0 Å². The van der Waals surface area contributed by atoms with Crippen molar-refractivity contribution in [2.45, 2.75) is 0 Å². The van der Waals surface area contributed by atoms with Crippen LogP contribution in [0.5, 0.6) is 5.75 Å². The highest BCUT2D eigenvalue weighted by Gasteiger charge is 2.02. The summed E-state index contributed by atoms with van der Waals surface area (Å²) in [4.78, 5) is 0. The summed E-state index contributed by atoms with van der Waals surface area (Å²) in [7, 11) is 1.53. The molecule has 3 nitrogen and oxygen atoms in total. The number of rotatable bonds is 3. The van der Waals surface area contributed by atoms with Crippen LogP contribution >= 0.6 is 15.9 Å². The SMILES string of the molecule is COCOc1cc(Br)ccc1C#N. The Labute approximate surface area is 85.0 Å². The molecule has 0 saturated carbocycles. The van der Waals surface area contributed by atoms with Crippen LogP contribution in [-0.2, 0) is 4.74 Å². The Morgan fingerprint density at radius 1 is 1.54 bits per heavy atom. The van der Waals surface area contributed by atoms with E-state index in [0.29, 0.717) is 11.3 Å². The van der Waals surface area contributed by atoms with Crippen LogP contribution in [0.1, 0.15) is 5.56 Å². The predicted molar refractivity (Wildman–Crippen MR) is 51.4 cm³/mol. The highest BCUT2D eigenvalue weighted by atomic mass is 79.9. The number of halogens is 1. The molecule has 0 spiro atoms. The van der Waals surface area contributed by atoms with Gasteiger partial charge in [-0.2, -0.15) is 5.26 Å². The minimum absolute atomic E-state index is 0.144. The first-order chi connectivity index (χ1) is 6.27. The zero-order chi connectivity index (χ0) is 9.68. The van der Waals surface area contributed by atoms with Crippen LogP contribution in [0.3, 0.4) is 0 Å². The van der Waals surface area contributed by atoms with E-state index in [1.54, 1.807) is 18.2 Å². The fourth-order valence-corrected chi connectivity index (χ4v) is 1.17. The van der Waals surface area contributed by atoms with Crippen molar-refractivity contribution in [3.05, 3.63) is 28.2 Å². The summed E-state index contributed by atoms with van der Waals surface area (Å²) < 4.78 is 10.8. The number of ether oxygens (including phenoxy) is 2. The fraction of sp³-hybridized carbons (Fsp3) is 0.222. The van der Waals surface area contributed by atoms with Gasteiger partial charge in [0.05, 0.1) is 5.56 Å². The van der Waals surface area contributed by atoms with E-state index in [1.807, 2.05) is 6.07 Å². The molecule has 0 aliphatic heterocycles. The van der Waals surface area contributed by atoms with E-state index in [2.05, 4.69) is 15.9 Å². The maximum absolute atomic E-state index is 8.72. The van der Waals surface area contributed by atoms with Crippen molar-refractivity contribution in [1.82, 2.24) is 0 Å². The Bertz CT molecular complexity index is 333. The molecule has 0 aliphatic rings. The number of hydrogen-bond donors (Lipinski definition) is 0. The minimum atomic E-state index is 0.144. The van der Waals surface area contributed by atoms with Crippen LogP contribution in [-0.4, -0.2) is 13.9 Å². The molecule has 0 amide bonds. The molecule has 0 unspecified atom stereocenters. The molecule has 0 fully saturated rings. The Kier molecular flexibility index (Phi) is 3.74. The van der Waals surface area contributed by atoms with Crippen LogP contribution in [0, 0.1) is 11.3 Å². The maximum atomic E-state index is 8.72. The second-order valence-electron chi connectivity index (χ2n) is 2.30. The molecule has 4 heteroatoms. The topological polar surface area (TPSA) is 42.2 Å². The zero-order valence-electron chi connectivity index (χ0n) is 7.08. The van der Waals surface area contributed by atoms with Gasteiger partial charge in [0.2, 0.25) is 0 Å². The normalized spacial score (nSPS) is 9.31. The molecule has 68 valence electrons. The summed E-state index contributed by atoms with van der Waals surface area (Å²) in [5.41, 5.74) is 0.500. The molecule has 1 rings (SSSR count). The van der Waals surface area contributed by atoms with Crippen molar-refractivity contribution in [3.63, 3.8) is 0 Å². The average Bonchev–Trinajstić information content (AvgIpc) is 2.15. The summed E-state index contributed by atoms with van der Waals surface area (Å²) in [5.74, 6) is 0.527. The molecule has 1 aromatic carbocycles. The monoisotopic (exact) mass is 241 g/mol.